The summed E-state index contributed by atoms with van der Waals surface area (Å²) in [6.45, 7) is 2.95. The van der Waals surface area contributed by atoms with Gasteiger partial charge < -0.3 is 14.6 Å². The molecule has 1 aliphatic heterocycles. The summed E-state index contributed by atoms with van der Waals surface area (Å²) < 4.78 is 9.95. The molecule has 1 fully saturated rings. The lowest BCUT2D eigenvalue weighted by Crippen LogP contribution is -2.22. The number of imidazole rings is 1. The molecule has 4 rings (SSSR count). The van der Waals surface area contributed by atoms with Crippen LogP contribution in [0, 0.1) is 0 Å². The van der Waals surface area contributed by atoms with E-state index in [1.807, 2.05) is 13.3 Å². The van der Waals surface area contributed by atoms with Gasteiger partial charge in [0.15, 0.2) is 5.82 Å². The smallest absolute Gasteiger partial charge is 0.160 e. The zero-order valence-corrected chi connectivity index (χ0v) is 13.7. The monoisotopic (exact) mass is 315 g/mol. The highest BCUT2D eigenvalue weighted by molar-refractivity contribution is 5.50. The molecular weight excluding hydrogens is 290 g/mol. The van der Waals surface area contributed by atoms with Crippen LogP contribution in [-0.4, -0.2) is 39.1 Å². The van der Waals surface area contributed by atoms with Crippen LogP contribution in [0.5, 0.6) is 0 Å². The predicted molar refractivity (Wildman–Crippen MR) is 88.1 cm³/mol. The van der Waals surface area contributed by atoms with Gasteiger partial charge in [0.05, 0.1) is 11.8 Å². The number of nitrogens with zero attached hydrogens (tertiary/aromatic N) is 4. The average molecular weight is 315 g/mol. The Balaban J connectivity index is 1.58. The summed E-state index contributed by atoms with van der Waals surface area (Å²) in [5.74, 6) is 1.01. The molecule has 2 aromatic heterocycles. The first-order chi connectivity index (χ1) is 11.3. The highest BCUT2D eigenvalue weighted by Crippen LogP contribution is 2.32. The first-order valence-electron chi connectivity index (χ1n) is 8.68. The number of rotatable bonds is 3. The fourth-order valence-electron chi connectivity index (χ4n) is 3.84. The van der Waals surface area contributed by atoms with Gasteiger partial charge in [0.25, 0.3) is 0 Å². The van der Waals surface area contributed by atoms with E-state index in [0.717, 1.165) is 63.3 Å². The van der Waals surface area contributed by atoms with Crippen molar-refractivity contribution >= 4 is 0 Å². The lowest BCUT2D eigenvalue weighted by atomic mass is 9.92. The number of methoxy groups -OCH3 is 1. The van der Waals surface area contributed by atoms with Crippen molar-refractivity contribution in [3.05, 3.63) is 24.2 Å². The quantitative estimate of drug-likeness (QED) is 0.945. The summed E-state index contributed by atoms with van der Waals surface area (Å²) in [6.07, 6.45) is 10.1. The van der Waals surface area contributed by atoms with Crippen LogP contribution < -0.4 is 5.32 Å². The zero-order valence-electron chi connectivity index (χ0n) is 13.7. The van der Waals surface area contributed by atoms with E-state index in [1.54, 1.807) is 0 Å². The number of hydrogen-bond acceptors (Lipinski definition) is 4. The number of aromatic nitrogens is 4. The molecule has 0 atom stereocenters. The number of fused-ring (bicyclic) bond motifs is 1. The fraction of sp³-hybridized carbons (Fsp3) is 0.647. The molecule has 0 aromatic carbocycles. The van der Waals surface area contributed by atoms with Crippen LogP contribution in [0.25, 0.3) is 11.5 Å². The lowest BCUT2D eigenvalue weighted by molar-refractivity contribution is 0.0586. The van der Waals surface area contributed by atoms with Crippen LogP contribution in [0.1, 0.15) is 43.8 Å². The fourth-order valence-corrected chi connectivity index (χ4v) is 3.84. The van der Waals surface area contributed by atoms with E-state index >= 15 is 0 Å². The average Bonchev–Trinajstić information content (AvgIpc) is 3.17. The third-order valence-corrected chi connectivity index (χ3v) is 5.16. The van der Waals surface area contributed by atoms with Crippen molar-refractivity contribution in [3.63, 3.8) is 0 Å². The second kappa shape index (κ2) is 6.45. The largest absolute Gasteiger partial charge is 0.381 e. The molecule has 1 aliphatic carbocycles. The summed E-state index contributed by atoms with van der Waals surface area (Å²) in [4.78, 5) is 4.60. The van der Waals surface area contributed by atoms with Crippen molar-refractivity contribution in [2.75, 3.05) is 13.7 Å². The Kier molecular flexibility index (Phi) is 4.18. The van der Waals surface area contributed by atoms with Crippen molar-refractivity contribution < 1.29 is 4.74 Å². The minimum absolute atomic E-state index is 0.424. The van der Waals surface area contributed by atoms with Gasteiger partial charge in [-0.3, -0.25) is 4.68 Å². The second-order valence-electron chi connectivity index (χ2n) is 6.60. The Morgan fingerprint density at radius 2 is 2.13 bits per heavy atom. The van der Waals surface area contributed by atoms with Crippen LogP contribution in [0.4, 0.5) is 0 Å². The Morgan fingerprint density at radius 3 is 2.96 bits per heavy atom. The summed E-state index contributed by atoms with van der Waals surface area (Å²) >= 11 is 0. The highest BCUT2D eigenvalue weighted by atomic mass is 16.5. The predicted octanol–water partition coefficient (Wildman–Crippen LogP) is 2.37. The van der Waals surface area contributed by atoms with Gasteiger partial charge in [-0.15, -0.1) is 0 Å². The molecule has 1 N–H and O–H groups in total. The first kappa shape index (κ1) is 14.9. The lowest BCUT2D eigenvalue weighted by Gasteiger charge is -2.29. The minimum atomic E-state index is 0.424. The Morgan fingerprint density at radius 1 is 1.26 bits per heavy atom. The Bertz CT molecular complexity index is 630. The van der Waals surface area contributed by atoms with E-state index in [2.05, 4.69) is 31.8 Å². The summed E-state index contributed by atoms with van der Waals surface area (Å²) in [5.41, 5.74) is 2.26. The van der Waals surface area contributed by atoms with Crippen molar-refractivity contribution in [2.24, 2.45) is 0 Å². The molecule has 0 unspecified atom stereocenters. The highest BCUT2D eigenvalue weighted by Gasteiger charge is 2.25. The van der Waals surface area contributed by atoms with Gasteiger partial charge >= 0.3 is 0 Å². The topological polar surface area (TPSA) is 56.9 Å². The number of aryl methyl sites for hydroxylation is 1. The molecule has 23 heavy (non-hydrogen) atoms. The Hall–Kier alpha value is -1.66. The maximum absolute atomic E-state index is 5.49. The van der Waals surface area contributed by atoms with Crippen LogP contribution in [0.2, 0.25) is 0 Å². The molecule has 0 bridgehead atoms. The van der Waals surface area contributed by atoms with Gasteiger partial charge in [-0.2, -0.15) is 5.10 Å². The molecular formula is C17H25N5O. The maximum atomic E-state index is 5.49. The van der Waals surface area contributed by atoms with Crippen molar-refractivity contribution in [3.8, 4) is 11.5 Å². The summed E-state index contributed by atoms with van der Waals surface area (Å²) in [5, 5.41) is 8.26. The van der Waals surface area contributed by atoms with Gasteiger partial charge in [-0.25, -0.2) is 4.98 Å². The number of nitrogens with one attached hydrogen (secondary N) is 1. The number of ether oxygens (including phenoxy) is 1. The van der Waals surface area contributed by atoms with Crippen molar-refractivity contribution in [2.45, 2.75) is 57.3 Å². The van der Waals surface area contributed by atoms with Gasteiger partial charge in [-0.1, -0.05) is 0 Å². The molecule has 0 saturated heterocycles. The minimum Gasteiger partial charge on any atom is -0.381 e. The van der Waals surface area contributed by atoms with Gasteiger partial charge in [-0.05, 0) is 44.7 Å². The van der Waals surface area contributed by atoms with E-state index in [0.29, 0.717) is 12.1 Å². The third kappa shape index (κ3) is 2.93. The summed E-state index contributed by atoms with van der Waals surface area (Å²) in [6, 6.07) is 2.70. The molecule has 2 aliphatic rings. The van der Waals surface area contributed by atoms with Crippen LogP contribution in [0.15, 0.2) is 18.5 Å². The van der Waals surface area contributed by atoms with Gasteiger partial charge in [0, 0.05) is 38.6 Å². The Labute approximate surface area is 136 Å². The summed E-state index contributed by atoms with van der Waals surface area (Å²) in [7, 11) is 1.82. The molecule has 1 saturated carbocycles. The molecule has 3 heterocycles. The first-order valence-corrected chi connectivity index (χ1v) is 8.68. The molecule has 0 spiro atoms. The van der Waals surface area contributed by atoms with E-state index in [4.69, 9.17) is 9.84 Å². The normalized spacial score (nSPS) is 25.1. The molecule has 0 amide bonds. The zero-order chi connectivity index (χ0) is 15.6. The van der Waals surface area contributed by atoms with E-state index in [1.165, 1.54) is 5.69 Å². The van der Waals surface area contributed by atoms with Crippen LogP contribution in [0.3, 0.4) is 0 Å². The SMILES string of the molecule is COC1CCC(n2ccnc2-c2cc3n(n2)CCCNC3)CC1. The van der Waals surface area contributed by atoms with Crippen molar-refractivity contribution in [1.29, 1.82) is 0 Å². The van der Waals surface area contributed by atoms with E-state index < -0.39 is 0 Å². The van der Waals surface area contributed by atoms with Crippen molar-refractivity contribution in [1.82, 2.24) is 24.6 Å². The van der Waals surface area contributed by atoms with Gasteiger partial charge in [0.1, 0.15) is 5.69 Å². The van der Waals surface area contributed by atoms with E-state index in [-0.39, 0.29) is 0 Å². The van der Waals surface area contributed by atoms with Gasteiger partial charge in [0.2, 0.25) is 0 Å². The molecule has 6 nitrogen and oxygen atoms in total. The molecule has 6 heteroatoms. The van der Waals surface area contributed by atoms with E-state index in [9.17, 15) is 0 Å². The molecule has 0 radical (unpaired) electrons. The third-order valence-electron chi connectivity index (χ3n) is 5.16. The molecule has 124 valence electrons. The molecule has 2 aromatic rings. The van der Waals surface area contributed by atoms with Crippen LogP contribution in [-0.2, 0) is 17.8 Å². The second-order valence-corrected chi connectivity index (χ2v) is 6.60. The van der Waals surface area contributed by atoms with Crippen LogP contribution >= 0.6 is 0 Å². The maximum Gasteiger partial charge on any atom is 0.160 e. The number of hydrogen-bond donors (Lipinski definition) is 1. The standard InChI is InChI=1S/C17H25N5O/c1-23-15-5-3-13(4-6-15)21-10-8-19-17(21)16-11-14-12-18-7-2-9-22(14)20-16/h8,10-11,13,15,18H,2-7,9,12H2,1H3.